The summed E-state index contributed by atoms with van der Waals surface area (Å²) in [7, 11) is 3.64. The van der Waals surface area contributed by atoms with Crippen LogP contribution >= 0.6 is 11.6 Å². The lowest BCUT2D eigenvalue weighted by atomic mass is 9.68. The van der Waals surface area contributed by atoms with Gasteiger partial charge >= 0.3 is 0 Å². The van der Waals surface area contributed by atoms with Gasteiger partial charge < -0.3 is 15.8 Å². The van der Waals surface area contributed by atoms with Crippen molar-refractivity contribution < 1.29 is 9.53 Å². The molecule has 2 aromatic rings. The molecule has 0 saturated heterocycles. The van der Waals surface area contributed by atoms with Crippen LogP contribution in [0.4, 0.5) is 0 Å². The second kappa shape index (κ2) is 8.32. The lowest BCUT2D eigenvalue weighted by Gasteiger charge is -2.38. The molecule has 0 spiro atoms. The van der Waals surface area contributed by atoms with Gasteiger partial charge in [-0.3, -0.25) is 4.79 Å². The summed E-state index contributed by atoms with van der Waals surface area (Å²) in [4.78, 5) is 12.4. The molecule has 0 aromatic heterocycles. The van der Waals surface area contributed by atoms with Crippen molar-refractivity contribution in [2.75, 3.05) is 14.2 Å². The minimum atomic E-state index is -0.515. The third-order valence-corrected chi connectivity index (χ3v) is 6.11. The second-order valence-corrected chi connectivity index (χ2v) is 7.85. The summed E-state index contributed by atoms with van der Waals surface area (Å²) in [6, 6.07) is 14.3. The lowest BCUT2D eigenvalue weighted by Crippen LogP contribution is -2.45. The minimum absolute atomic E-state index is 0.212. The van der Waals surface area contributed by atoms with E-state index in [0.717, 1.165) is 48.1 Å². The number of nitrogens with one attached hydrogen (secondary N) is 1. The zero-order valence-electron chi connectivity index (χ0n) is 15.9. The first-order chi connectivity index (χ1) is 13.0. The fourth-order valence-electron chi connectivity index (χ4n) is 4.07. The Morgan fingerprint density at radius 2 is 1.81 bits per heavy atom. The molecule has 3 rings (SSSR count). The normalized spacial score (nSPS) is 22.4. The summed E-state index contributed by atoms with van der Waals surface area (Å²) in [5.41, 5.74) is 8.54. The Morgan fingerprint density at radius 1 is 1.19 bits per heavy atom. The van der Waals surface area contributed by atoms with Crippen LogP contribution in [0.25, 0.3) is 11.1 Å². The molecule has 5 heteroatoms. The van der Waals surface area contributed by atoms with Crippen LogP contribution in [0.2, 0.25) is 5.02 Å². The number of rotatable bonds is 6. The molecule has 1 aliphatic rings. The lowest BCUT2D eigenvalue weighted by molar-refractivity contribution is -0.129. The number of amides is 1. The summed E-state index contributed by atoms with van der Waals surface area (Å²) >= 11 is 6.01. The predicted octanol–water partition coefficient (Wildman–Crippen LogP) is 4.19. The Balaban J connectivity index is 1.93. The number of hydrogen-bond acceptors (Lipinski definition) is 3. The van der Waals surface area contributed by atoms with Crippen molar-refractivity contribution in [3.05, 3.63) is 53.1 Å². The van der Waals surface area contributed by atoms with Gasteiger partial charge in [0.1, 0.15) is 5.75 Å². The number of primary amides is 1. The fraction of sp³-hybridized carbons (Fsp3) is 0.409. The van der Waals surface area contributed by atoms with Gasteiger partial charge in [-0.2, -0.15) is 0 Å². The van der Waals surface area contributed by atoms with E-state index in [4.69, 9.17) is 22.1 Å². The van der Waals surface area contributed by atoms with Crippen molar-refractivity contribution in [2.45, 2.75) is 38.1 Å². The summed E-state index contributed by atoms with van der Waals surface area (Å²) in [5.74, 6) is 0.583. The molecule has 2 aromatic carbocycles. The highest BCUT2D eigenvalue weighted by Crippen LogP contribution is 2.41. The number of benzene rings is 2. The van der Waals surface area contributed by atoms with E-state index in [1.54, 1.807) is 7.11 Å². The van der Waals surface area contributed by atoms with Gasteiger partial charge in [-0.25, -0.2) is 0 Å². The fourth-order valence-corrected chi connectivity index (χ4v) is 4.20. The van der Waals surface area contributed by atoms with Gasteiger partial charge in [-0.05, 0) is 80.1 Å². The number of nitrogens with two attached hydrogens (primary N) is 1. The van der Waals surface area contributed by atoms with Gasteiger partial charge in [-0.1, -0.05) is 29.8 Å². The van der Waals surface area contributed by atoms with Crippen LogP contribution < -0.4 is 15.8 Å². The van der Waals surface area contributed by atoms with Crippen LogP contribution in [0.5, 0.6) is 5.75 Å². The summed E-state index contributed by atoms with van der Waals surface area (Å²) in [6.45, 7) is 0. The van der Waals surface area contributed by atoms with Crippen molar-refractivity contribution >= 4 is 17.5 Å². The quantitative estimate of drug-likeness (QED) is 0.782. The molecule has 0 atom stereocenters. The molecule has 0 bridgehead atoms. The van der Waals surface area contributed by atoms with Crippen molar-refractivity contribution in [2.24, 2.45) is 11.1 Å². The highest BCUT2D eigenvalue weighted by Gasteiger charge is 2.40. The number of methoxy groups -OCH3 is 1. The molecule has 0 heterocycles. The molecule has 144 valence electrons. The van der Waals surface area contributed by atoms with Gasteiger partial charge in [0.2, 0.25) is 5.91 Å². The molecule has 0 unspecified atom stereocenters. The maximum Gasteiger partial charge on any atom is 0.223 e. The Morgan fingerprint density at radius 3 is 2.37 bits per heavy atom. The van der Waals surface area contributed by atoms with Crippen LogP contribution in [0, 0.1) is 5.41 Å². The predicted molar refractivity (Wildman–Crippen MR) is 110 cm³/mol. The van der Waals surface area contributed by atoms with Crippen LogP contribution in [-0.4, -0.2) is 26.1 Å². The smallest absolute Gasteiger partial charge is 0.223 e. The number of ether oxygens (including phenoxy) is 1. The second-order valence-electron chi connectivity index (χ2n) is 7.42. The Labute approximate surface area is 166 Å². The first-order valence-electron chi connectivity index (χ1n) is 9.37. The molecule has 1 fully saturated rings. The van der Waals surface area contributed by atoms with Gasteiger partial charge in [0.05, 0.1) is 12.5 Å². The number of carbonyl (C=O) groups is 1. The van der Waals surface area contributed by atoms with Crippen LogP contribution in [-0.2, 0) is 11.2 Å². The molecular weight excluding hydrogens is 360 g/mol. The third kappa shape index (κ3) is 4.28. The van der Waals surface area contributed by atoms with E-state index in [2.05, 4.69) is 11.4 Å². The molecule has 0 aliphatic heterocycles. The SMILES string of the molecule is CNC1CCC(Cc2cc(-c3ccc(Cl)cc3)ccc2OC)(C(N)=O)CC1. The molecule has 0 radical (unpaired) electrons. The van der Waals surface area contributed by atoms with Gasteiger partial charge in [-0.15, -0.1) is 0 Å². The first-order valence-corrected chi connectivity index (χ1v) is 9.75. The van der Waals surface area contributed by atoms with E-state index in [1.807, 2.05) is 43.4 Å². The van der Waals surface area contributed by atoms with Crippen molar-refractivity contribution in [1.29, 1.82) is 0 Å². The van der Waals surface area contributed by atoms with Crippen LogP contribution in [0.15, 0.2) is 42.5 Å². The van der Waals surface area contributed by atoms with E-state index in [1.165, 1.54) is 0 Å². The largest absolute Gasteiger partial charge is 0.496 e. The maximum absolute atomic E-state index is 12.4. The Bertz CT molecular complexity index is 796. The van der Waals surface area contributed by atoms with Gasteiger partial charge in [0, 0.05) is 11.1 Å². The minimum Gasteiger partial charge on any atom is -0.496 e. The van der Waals surface area contributed by atoms with E-state index in [9.17, 15) is 4.79 Å². The summed E-state index contributed by atoms with van der Waals surface area (Å²) in [5, 5.41) is 4.02. The molecule has 27 heavy (non-hydrogen) atoms. The van der Waals surface area contributed by atoms with Gasteiger partial charge in [0.15, 0.2) is 0 Å². The first kappa shape index (κ1) is 19.7. The van der Waals surface area contributed by atoms with Gasteiger partial charge in [0.25, 0.3) is 0 Å². The summed E-state index contributed by atoms with van der Waals surface area (Å²) in [6.07, 6.45) is 4.10. The van der Waals surface area contributed by atoms with E-state index >= 15 is 0 Å². The molecular formula is C22H27ClN2O2. The Kier molecular flexibility index (Phi) is 6.08. The van der Waals surface area contributed by atoms with E-state index in [-0.39, 0.29) is 5.91 Å². The van der Waals surface area contributed by atoms with Crippen molar-refractivity contribution in [3.63, 3.8) is 0 Å². The number of hydrogen-bond donors (Lipinski definition) is 2. The van der Waals surface area contributed by atoms with E-state index < -0.39 is 5.41 Å². The molecule has 3 N–H and O–H groups in total. The maximum atomic E-state index is 12.4. The highest BCUT2D eigenvalue weighted by molar-refractivity contribution is 6.30. The van der Waals surface area contributed by atoms with Crippen LogP contribution in [0.3, 0.4) is 0 Å². The number of halogens is 1. The molecule has 1 amide bonds. The van der Waals surface area contributed by atoms with Crippen molar-refractivity contribution in [1.82, 2.24) is 5.32 Å². The molecule has 1 saturated carbocycles. The van der Waals surface area contributed by atoms with Crippen LogP contribution in [0.1, 0.15) is 31.2 Å². The van der Waals surface area contributed by atoms with Crippen molar-refractivity contribution in [3.8, 4) is 16.9 Å². The summed E-state index contributed by atoms with van der Waals surface area (Å²) < 4.78 is 5.58. The van der Waals surface area contributed by atoms with E-state index in [0.29, 0.717) is 17.5 Å². The third-order valence-electron chi connectivity index (χ3n) is 5.86. The zero-order chi connectivity index (χ0) is 19.4. The zero-order valence-corrected chi connectivity index (χ0v) is 16.7. The Hall–Kier alpha value is -2.04. The average molecular weight is 387 g/mol. The standard InChI is InChI=1S/C22H27ClN2O2/c1-25-19-9-11-22(12-10-19,21(24)26)14-17-13-16(5-8-20(17)27-2)15-3-6-18(23)7-4-15/h3-8,13,19,25H,9-12,14H2,1-2H3,(H2,24,26). The highest BCUT2D eigenvalue weighted by atomic mass is 35.5. The monoisotopic (exact) mass is 386 g/mol. The number of carbonyl (C=O) groups excluding carboxylic acids is 1. The molecule has 1 aliphatic carbocycles. The topological polar surface area (TPSA) is 64.3 Å². The molecule has 4 nitrogen and oxygen atoms in total. The average Bonchev–Trinajstić information content (AvgIpc) is 2.69.